The molecule has 20 heavy (non-hydrogen) atoms. The van der Waals surface area contributed by atoms with Crippen molar-refractivity contribution in [2.24, 2.45) is 23.5 Å². The van der Waals surface area contributed by atoms with Gasteiger partial charge < -0.3 is 10.6 Å². The third-order valence-electron chi connectivity index (χ3n) is 5.49. The summed E-state index contributed by atoms with van der Waals surface area (Å²) in [4.78, 5) is 14.6. The van der Waals surface area contributed by atoms with Gasteiger partial charge in [0.15, 0.2) is 0 Å². The van der Waals surface area contributed by atoms with Crippen LogP contribution in [0, 0.1) is 17.8 Å². The molecule has 2 N–H and O–H groups in total. The Morgan fingerprint density at radius 3 is 2.50 bits per heavy atom. The van der Waals surface area contributed by atoms with E-state index in [9.17, 15) is 4.79 Å². The molecule has 2 fully saturated rings. The van der Waals surface area contributed by atoms with Gasteiger partial charge in [-0.3, -0.25) is 4.79 Å². The number of carbonyl (C=O) groups is 1. The molecule has 116 valence electrons. The first-order valence-electron chi connectivity index (χ1n) is 8.66. The van der Waals surface area contributed by atoms with Gasteiger partial charge in [-0.25, -0.2) is 0 Å². The van der Waals surface area contributed by atoms with Crippen LogP contribution in [-0.2, 0) is 4.79 Å². The number of piperidine rings is 1. The van der Waals surface area contributed by atoms with E-state index in [1.165, 1.54) is 32.1 Å². The third kappa shape index (κ3) is 3.97. The van der Waals surface area contributed by atoms with Crippen molar-refractivity contribution in [3.63, 3.8) is 0 Å². The van der Waals surface area contributed by atoms with Gasteiger partial charge in [0.1, 0.15) is 0 Å². The number of hydrogen-bond acceptors (Lipinski definition) is 2. The molecule has 1 amide bonds. The van der Waals surface area contributed by atoms with E-state index in [4.69, 9.17) is 5.73 Å². The normalized spacial score (nSPS) is 35.0. The molecule has 2 rings (SSSR count). The van der Waals surface area contributed by atoms with Gasteiger partial charge in [0.05, 0.1) is 0 Å². The standard InChI is InChI=1S/C17H32N2O/c1-3-4-5-14-6-8-15(9-7-14)17(20)19-11-10-13(2)16(18)12-19/h13-16H,3-12,18H2,1-2H3. The summed E-state index contributed by atoms with van der Waals surface area (Å²) in [5, 5.41) is 0. The first-order valence-corrected chi connectivity index (χ1v) is 8.66. The summed E-state index contributed by atoms with van der Waals surface area (Å²) < 4.78 is 0. The van der Waals surface area contributed by atoms with Crippen LogP contribution >= 0.6 is 0 Å². The number of amides is 1. The monoisotopic (exact) mass is 280 g/mol. The number of likely N-dealkylation sites (tertiary alicyclic amines) is 1. The van der Waals surface area contributed by atoms with Gasteiger partial charge in [-0.2, -0.15) is 0 Å². The molecule has 1 aliphatic carbocycles. The second-order valence-electron chi connectivity index (χ2n) is 7.07. The maximum absolute atomic E-state index is 12.6. The van der Waals surface area contributed by atoms with E-state index in [2.05, 4.69) is 13.8 Å². The topological polar surface area (TPSA) is 46.3 Å². The molecule has 0 aromatic rings. The van der Waals surface area contributed by atoms with Crippen molar-refractivity contribution in [2.45, 2.75) is 71.3 Å². The Bertz CT molecular complexity index is 310. The lowest BCUT2D eigenvalue weighted by Crippen LogP contribution is -2.51. The highest BCUT2D eigenvalue weighted by atomic mass is 16.2. The van der Waals surface area contributed by atoms with Crippen LogP contribution in [0.1, 0.15) is 65.2 Å². The van der Waals surface area contributed by atoms with Crippen molar-refractivity contribution in [1.82, 2.24) is 4.90 Å². The smallest absolute Gasteiger partial charge is 0.225 e. The second-order valence-corrected chi connectivity index (χ2v) is 7.07. The lowest BCUT2D eigenvalue weighted by Gasteiger charge is -2.38. The minimum Gasteiger partial charge on any atom is -0.341 e. The number of nitrogens with two attached hydrogens (primary N) is 1. The first kappa shape index (κ1) is 15.8. The van der Waals surface area contributed by atoms with E-state index in [1.54, 1.807) is 0 Å². The van der Waals surface area contributed by atoms with Crippen LogP contribution in [0.15, 0.2) is 0 Å². The number of hydrogen-bond donors (Lipinski definition) is 1. The van der Waals surface area contributed by atoms with E-state index in [0.717, 1.165) is 38.3 Å². The van der Waals surface area contributed by atoms with E-state index < -0.39 is 0 Å². The average molecular weight is 280 g/mol. The van der Waals surface area contributed by atoms with Gasteiger partial charge in [-0.05, 0) is 43.9 Å². The molecular formula is C17H32N2O. The molecule has 0 aromatic carbocycles. The number of carbonyl (C=O) groups excluding carboxylic acids is 1. The molecule has 1 heterocycles. The largest absolute Gasteiger partial charge is 0.341 e. The summed E-state index contributed by atoms with van der Waals surface area (Å²) in [7, 11) is 0. The van der Waals surface area contributed by atoms with E-state index in [0.29, 0.717) is 11.8 Å². The summed E-state index contributed by atoms with van der Waals surface area (Å²) in [6, 6.07) is 0.175. The van der Waals surface area contributed by atoms with Crippen molar-refractivity contribution < 1.29 is 4.79 Å². The predicted molar refractivity (Wildman–Crippen MR) is 83.3 cm³/mol. The summed E-state index contributed by atoms with van der Waals surface area (Å²) in [6.07, 6.45) is 9.80. The second kappa shape index (κ2) is 7.44. The fraction of sp³-hybridized carbons (Fsp3) is 0.941. The van der Waals surface area contributed by atoms with Gasteiger partial charge in [0.2, 0.25) is 5.91 Å². The van der Waals surface area contributed by atoms with Gasteiger partial charge in [-0.1, -0.05) is 33.1 Å². The molecule has 0 bridgehead atoms. The molecule has 3 nitrogen and oxygen atoms in total. The Labute approximate surface area is 124 Å². The summed E-state index contributed by atoms with van der Waals surface area (Å²) in [6.45, 7) is 6.15. The van der Waals surface area contributed by atoms with Crippen LogP contribution in [0.3, 0.4) is 0 Å². The summed E-state index contributed by atoms with van der Waals surface area (Å²) in [5.41, 5.74) is 6.12. The fourth-order valence-corrected chi connectivity index (χ4v) is 3.75. The SMILES string of the molecule is CCCCC1CCC(C(=O)N2CCC(C)C(N)C2)CC1. The van der Waals surface area contributed by atoms with Crippen LogP contribution in [0.25, 0.3) is 0 Å². The molecule has 2 atom stereocenters. The molecule has 2 unspecified atom stereocenters. The maximum atomic E-state index is 12.6. The minimum atomic E-state index is 0.175. The molecule has 0 radical (unpaired) electrons. The van der Waals surface area contributed by atoms with E-state index >= 15 is 0 Å². The molecular weight excluding hydrogens is 248 g/mol. The minimum absolute atomic E-state index is 0.175. The molecule has 1 saturated carbocycles. The zero-order valence-corrected chi connectivity index (χ0v) is 13.3. The molecule has 1 aliphatic heterocycles. The molecule has 0 spiro atoms. The van der Waals surface area contributed by atoms with Gasteiger partial charge in [0, 0.05) is 25.0 Å². The van der Waals surface area contributed by atoms with Crippen molar-refractivity contribution in [3.8, 4) is 0 Å². The van der Waals surface area contributed by atoms with Crippen LogP contribution in [0.2, 0.25) is 0 Å². The highest BCUT2D eigenvalue weighted by Crippen LogP contribution is 2.33. The lowest BCUT2D eigenvalue weighted by atomic mass is 9.79. The number of nitrogens with zero attached hydrogens (tertiary/aromatic N) is 1. The number of unbranched alkanes of at least 4 members (excludes halogenated alkanes) is 1. The predicted octanol–water partition coefficient (Wildman–Crippen LogP) is 3.18. The van der Waals surface area contributed by atoms with Crippen molar-refractivity contribution in [1.29, 1.82) is 0 Å². The van der Waals surface area contributed by atoms with Gasteiger partial charge in [0.25, 0.3) is 0 Å². The zero-order valence-electron chi connectivity index (χ0n) is 13.3. The van der Waals surface area contributed by atoms with Crippen LogP contribution in [0.5, 0.6) is 0 Å². The molecule has 3 heteroatoms. The molecule has 2 aliphatic rings. The average Bonchev–Trinajstić information content (AvgIpc) is 2.48. The highest BCUT2D eigenvalue weighted by molar-refractivity contribution is 5.79. The Morgan fingerprint density at radius 2 is 1.90 bits per heavy atom. The summed E-state index contributed by atoms with van der Waals surface area (Å²) in [5.74, 6) is 2.11. The first-order chi connectivity index (χ1) is 9.61. The Morgan fingerprint density at radius 1 is 1.20 bits per heavy atom. The molecule has 1 saturated heterocycles. The van der Waals surface area contributed by atoms with E-state index in [1.807, 2.05) is 4.90 Å². The maximum Gasteiger partial charge on any atom is 0.225 e. The third-order valence-corrected chi connectivity index (χ3v) is 5.49. The summed E-state index contributed by atoms with van der Waals surface area (Å²) >= 11 is 0. The molecule has 0 aromatic heterocycles. The zero-order chi connectivity index (χ0) is 14.5. The number of rotatable bonds is 4. The quantitative estimate of drug-likeness (QED) is 0.859. The van der Waals surface area contributed by atoms with Gasteiger partial charge in [-0.15, -0.1) is 0 Å². The Hall–Kier alpha value is -0.570. The van der Waals surface area contributed by atoms with Crippen LogP contribution < -0.4 is 5.73 Å². The van der Waals surface area contributed by atoms with Crippen LogP contribution in [-0.4, -0.2) is 29.9 Å². The highest BCUT2D eigenvalue weighted by Gasteiger charge is 2.32. The van der Waals surface area contributed by atoms with E-state index in [-0.39, 0.29) is 12.0 Å². The van der Waals surface area contributed by atoms with Crippen molar-refractivity contribution >= 4 is 5.91 Å². The van der Waals surface area contributed by atoms with Crippen molar-refractivity contribution in [2.75, 3.05) is 13.1 Å². The Balaban J connectivity index is 1.77. The Kier molecular flexibility index (Phi) is 5.88. The van der Waals surface area contributed by atoms with Crippen LogP contribution in [0.4, 0.5) is 0 Å². The van der Waals surface area contributed by atoms with Gasteiger partial charge >= 0.3 is 0 Å². The fourth-order valence-electron chi connectivity index (χ4n) is 3.75. The van der Waals surface area contributed by atoms with Crippen molar-refractivity contribution in [3.05, 3.63) is 0 Å². The lowest BCUT2D eigenvalue weighted by molar-refractivity contribution is -0.138.